The molecule has 1 aromatic rings. The maximum atomic E-state index is 3.78. The molecular weight excluding hydrogens is 208 g/mol. The highest BCUT2D eigenvalue weighted by Crippen LogP contribution is 2.18. The van der Waals surface area contributed by atoms with Crippen molar-refractivity contribution >= 4 is 11.8 Å². The molecule has 1 fully saturated rings. The van der Waals surface area contributed by atoms with Crippen LogP contribution in [0.1, 0.15) is 19.4 Å². The summed E-state index contributed by atoms with van der Waals surface area (Å²) in [5.74, 6) is 0. The minimum atomic E-state index is 0.667. The molecule has 2 nitrogen and oxygen atoms in total. The van der Waals surface area contributed by atoms with Gasteiger partial charge in [-0.05, 0) is 31.5 Å². The van der Waals surface area contributed by atoms with Crippen molar-refractivity contribution in [3.8, 4) is 0 Å². The predicted molar refractivity (Wildman–Crippen MR) is 75.5 cm³/mol. The Balaban J connectivity index is 1.97. The van der Waals surface area contributed by atoms with Crippen LogP contribution in [0.25, 0.3) is 6.08 Å². The van der Waals surface area contributed by atoms with Crippen LogP contribution in [0.2, 0.25) is 0 Å². The van der Waals surface area contributed by atoms with Gasteiger partial charge in [0.25, 0.3) is 0 Å². The van der Waals surface area contributed by atoms with Crippen LogP contribution in [0.5, 0.6) is 0 Å². The quantitative estimate of drug-likeness (QED) is 0.788. The molecule has 0 bridgehead atoms. The monoisotopic (exact) mass is 230 g/mol. The smallest absolute Gasteiger partial charge is 0.0367 e. The van der Waals surface area contributed by atoms with Gasteiger partial charge >= 0.3 is 0 Å². The fraction of sp³-hybridized carbons (Fsp3) is 0.467. The first-order valence-electron chi connectivity index (χ1n) is 6.42. The summed E-state index contributed by atoms with van der Waals surface area (Å²) in [6.45, 7) is 12.9. The van der Waals surface area contributed by atoms with Crippen molar-refractivity contribution in [3.63, 3.8) is 0 Å². The first kappa shape index (κ1) is 12.2. The molecule has 0 N–H and O–H groups in total. The molecule has 1 heterocycles. The summed E-state index contributed by atoms with van der Waals surface area (Å²) in [6, 6.07) is 9.33. The van der Waals surface area contributed by atoms with Crippen molar-refractivity contribution in [1.29, 1.82) is 0 Å². The van der Waals surface area contributed by atoms with Gasteiger partial charge in [-0.25, -0.2) is 0 Å². The Morgan fingerprint density at radius 1 is 1.06 bits per heavy atom. The van der Waals surface area contributed by atoms with Crippen LogP contribution in [0.3, 0.4) is 0 Å². The van der Waals surface area contributed by atoms with Crippen LogP contribution < -0.4 is 4.90 Å². The van der Waals surface area contributed by atoms with E-state index in [1.165, 1.54) is 24.3 Å². The van der Waals surface area contributed by atoms with Gasteiger partial charge in [0, 0.05) is 37.9 Å². The highest BCUT2D eigenvalue weighted by molar-refractivity contribution is 5.55. The van der Waals surface area contributed by atoms with E-state index in [1.54, 1.807) is 0 Å². The zero-order chi connectivity index (χ0) is 12.3. The van der Waals surface area contributed by atoms with E-state index >= 15 is 0 Å². The Hall–Kier alpha value is -1.28. The normalized spacial score (nSPS) is 17.5. The average molecular weight is 230 g/mol. The third kappa shape index (κ3) is 2.89. The summed E-state index contributed by atoms with van der Waals surface area (Å²) in [7, 11) is 0. The molecule has 0 atom stereocenters. The van der Waals surface area contributed by atoms with Gasteiger partial charge in [-0.3, -0.25) is 4.90 Å². The van der Waals surface area contributed by atoms with Crippen LogP contribution >= 0.6 is 0 Å². The van der Waals surface area contributed by atoms with Crippen LogP contribution in [-0.2, 0) is 0 Å². The van der Waals surface area contributed by atoms with E-state index in [9.17, 15) is 0 Å². The molecule has 1 aromatic carbocycles. The van der Waals surface area contributed by atoms with E-state index in [0.29, 0.717) is 6.04 Å². The summed E-state index contributed by atoms with van der Waals surface area (Å²) < 4.78 is 0. The third-order valence-corrected chi connectivity index (χ3v) is 3.54. The van der Waals surface area contributed by atoms with Crippen LogP contribution in [0, 0.1) is 0 Å². The van der Waals surface area contributed by atoms with Gasteiger partial charge in [-0.1, -0.05) is 24.8 Å². The lowest BCUT2D eigenvalue weighted by Crippen LogP contribution is -2.48. The van der Waals surface area contributed by atoms with Crippen LogP contribution in [-0.4, -0.2) is 37.1 Å². The van der Waals surface area contributed by atoms with E-state index in [0.717, 1.165) is 13.1 Å². The summed E-state index contributed by atoms with van der Waals surface area (Å²) in [5, 5.41) is 0. The minimum Gasteiger partial charge on any atom is -0.369 e. The molecule has 0 saturated carbocycles. The molecule has 0 aromatic heterocycles. The lowest BCUT2D eigenvalue weighted by atomic mass is 10.1. The molecule has 2 rings (SSSR count). The number of hydrogen-bond acceptors (Lipinski definition) is 2. The fourth-order valence-electron chi connectivity index (χ4n) is 2.32. The first-order valence-corrected chi connectivity index (χ1v) is 6.42. The number of anilines is 1. The maximum absolute atomic E-state index is 3.78. The summed E-state index contributed by atoms with van der Waals surface area (Å²) in [5.41, 5.74) is 2.52. The molecule has 1 aliphatic rings. The second kappa shape index (κ2) is 5.37. The zero-order valence-corrected chi connectivity index (χ0v) is 10.9. The molecule has 17 heavy (non-hydrogen) atoms. The van der Waals surface area contributed by atoms with Gasteiger partial charge in [0.05, 0.1) is 0 Å². The summed E-state index contributed by atoms with van der Waals surface area (Å²) >= 11 is 0. The maximum Gasteiger partial charge on any atom is 0.0367 e. The molecule has 0 amide bonds. The molecule has 0 radical (unpaired) electrons. The van der Waals surface area contributed by atoms with Crippen molar-refractivity contribution in [1.82, 2.24) is 4.90 Å². The molecule has 1 saturated heterocycles. The molecule has 1 aliphatic heterocycles. The van der Waals surface area contributed by atoms with Gasteiger partial charge in [0.2, 0.25) is 0 Å². The van der Waals surface area contributed by atoms with Crippen LogP contribution in [0.15, 0.2) is 30.8 Å². The number of nitrogens with zero attached hydrogens (tertiary/aromatic N) is 2. The summed E-state index contributed by atoms with van der Waals surface area (Å²) in [6.07, 6.45) is 1.89. The average Bonchev–Trinajstić information content (AvgIpc) is 2.39. The van der Waals surface area contributed by atoms with Gasteiger partial charge < -0.3 is 4.90 Å². The van der Waals surface area contributed by atoms with Gasteiger partial charge in [-0.2, -0.15) is 0 Å². The Morgan fingerprint density at radius 2 is 1.65 bits per heavy atom. The van der Waals surface area contributed by atoms with E-state index in [-0.39, 0.29) is 0 Å². The molecule has 92 valence electrons. The Labute approximate surface area is 105 Å². The highest BCUT2D eigenvalue weighted by Gasteiger charge is 2.18. The largest absolute Gasteiger partial charge is 0.369 e. The Bertz CT molecular complexity index is 359. The van der Waals surface area contributed by atoms with Gasteiger partial charge in [-0.15, -0.1) is 0 Å². The lowest BCUT2D eigenvalue weighted by Gasteiger charge is -2.38. The first-order chi connectivity index (χ1) is 8.20. The molecule has 0 aliphatic carbocycles. The van der Waals surface area contributed by atoms with Crippen molar-refractivity contribution in [3.05, 3.63) is 36.4 Å². The number of hydrogen-bond donors (Lipinski definition) is 0. The van der Waals surface area contributed by atoms with Crippen molar-refractivity contribution in [2.75, 3.05) is 31.1 Å². The van der Waals surface area contributed by atoms with Gasteiger partial charge in [0.1, 0.15) is 0 Å². The number of benzene rings is 1. The second-order valence-corrected chi connectivity index (χ2v) is 4.91. The van der Waals surface area contributed by atoms with Crippen molar-refractivity contribution in [2.45, 2.75) is 19.9 Å². The molecule has 0 unspecified atom stereocenters. The fourth-order valence-corrected chi connectivity index (χ4v) is 2.32. The second-order valence-electron chi connectivity index (χ2n) is 4.91. The minimum absolute atomic E-state index is 0.667. The number of piperazine rings is 1. The Morgan fingerprint density at radius 3 is 2.12 bits per heavy atom. The number of rotatable bonds is 3. The molecule has 0 spiro atoms. The Kier molecular flexibility index (Phi) is 3.85. The predicted octanol–water partition coefficient (Wildman–Crippen LogP) is 2.86. The lowest BCUT2D eigenvalue weighted by molar-refractivity contribution is 0.209. The topological polar surface area (TPSA) is 6.48 Å². The SMILES string of the molecule is C=Cc1ccc(N2CCN(C(C)C)CC2)cc1. The van der Waals surface area contributed by atoms with E-state index in [2.05, 4.69) is 54.5 Å². The van der Waals surface area contributed by atoms with E-state index in [4.69, 9.17) is 0 Å². The van der Waals surface area contributed by atoms with E-state index < -0.39 is 0 Å². The third-order valence-electron chi connectivity index (χ3n) is 3.54. The standard InChI is InChI=1S/C15H22N2/c1-4-14-5-7-15(8-6-14)17-11-9-16(10-12-17)13(2)3/h4-8,13H,1,9-12H2,2-3H3. The van der Waals surface area contributed by atoms with E-state index in [1.807, 2.05) is 6.08 Å². The molecular formula is C15H22N2. The highest BCUT2D eigenvalue weighted by atomic mass is 15.3. The van der Waals surface area contributed by atoms with Gasteiger partial charge in [0.15, 0.2) is 0 Å². The van der Waals surface area contributed by atoms with Crippen molar-refractivity contribution in [2.24, 2.45) is 0 Å². The van der Waals surface area contributed by atoms with Crippen LogP contribution in [0.4, 0.5) is 5.69 Å². The molecule has 2 heteroatoms. The summed E-state index contributed by atoms with van der Waals surface area (Å²) in [4.78, 5) is 5.00. The van der Waals surface area contributed by atoms with Crippen molar-refractivity contribution < 1.29 is 0 Å². The zero-order valence-electron chi connectivity index (χ0n) is 10.9.